The summed E-state index contributed by atoms with van der Waals surface area (Å²) >= 11 is 6.36. The third-order valence-corrected chi connectivity index (χ3v) is 5.23. The number of halogens is 1. The normalized spacial score (nSPS) is 14.4. The third-order valence-electron chi connectivity index (χ3n) is 4.90. The first-order valence-corrected chi connectivity index (χ1v) is 11.1. The Balaban J connectivity index is 1.78. The van der Waals surface area contributed by atoms with E-state index in [1.54, 1.807) is 24.3 Å². The van der Waals surface area contributed by atoms with Gasteiger partial charge in [-0.3, -0.25) is 9.59 Å². The molecule has 0 aromatic heterocycles. The number of urea groups is 1. The predicted molar refractivity (Wildman–Crippen MR) is 126 cm³/mol. The van der Waals surface area contributed by atoms with Crippen molar-refractivity contribution in [3.05, 3.63) is 58.2 Å². The van der Waals surface area contributed by atoms with Crippen LogP contribution in [0.3, 0.4) is 0 Å². The molecular formula is C24H26ClN3O5. The number of para-hydroxylation sites is 1. The number of amides is 4. The molecule has 9 heteroatoms. The minimum atomic E-state index is -0.683. The van der Waals surface area contributed by atoms with Crippen LogP contribution in [0.4, 0.5) is 10.5 Å². The minimum absolute atomic E-state index is 0.00951. The first kappa shape index (κ1) is 24.1. The van der Waals surface area contributed by atoms with Gasteiger partial charge in [0.25, 0.3) is 5.91 Å². The molecule has 2 aromatic carbocycles. The Kier molecular flexibility index (Phi) is 7.95. The molecule has 1 saturated heterocycles. The molecule has 2 aromatic rings. The Hall–Kier alpha value is -3.52. The van der Waals surface area contributed by atoms with E-state index in [9.17, 15) is 14.4 Å². The predicted octanol–water partition coefficient (Wildman–Crippen LogP) is 4.23. The molecular weight excluding hydrogens is 446 g/mol. The molecule has 0 spiro atoms. The fraction of sp³-hybridized carbons (Fsp3) is 0.292. The summed E-state index contributed by atoms with van der Waals surface area (Å²) in [5.74, 6) is -0.141. The number of aryl methyl sites for hydroxylation is 1. The first-order valence-electron chi connectivity index (χ1n) is 10.7. The zero-order valence-corrected chi connectivity index (χ0v) is 19.5. The number of benzene rings is 2. The summed E-state index contributed by atoms with van der Waals surface area (Å²) in [6.45, 7) is 6.09. The van der Waals surface area contributed by atoms with Gasteiger partial charge in [0.05, 0.1) is 18.2 Å². The Morgan fingerprint density at radius 3 is 2.42 bits per heavy atom. The van der Waals surface area contributed by atoms with Gasteiger partial charge in [-0.1, -0.05) is 36.7 Å². The molecule has 4 amide bonds. The van der Waals surface area contributed by atoms with E-state index < -0.39 is 24.4 Å². The molecule has 8 nitrogen and oxygen atoms in total. The second-order valence-electron chi connectivity index (χ2n) is 7.12. The second-order valence-corrected chi connectivity index (χ2v) is 7.53. The van der Waals surface area contributed by atoms with Gasteiger partial charge in [0.2, 0.25) is 5.91 Å². The molecule has 3 rings (SSSR count). The Bertz CT molecular complexity index is 1100. The molecule has 1 heterocycles. The summed E-state index contributed by atoms with van der Waals surface area (Å²) in [5.41, 5.74) is 2.09. The van der Waals surface area contributed by atoms with Gasteiger partial charge in [-0.15, -0.1) is 0 Å². The van der Waals surface area contributed by atoms with Crippen molar-refractivity contribution < 1.29 is 23.9 Å². The van der Waals surface area contributed by atoms with E-state index >= 15 is 0 Å². The van der Waals surface area contributed by atoms with Crippen LogP contribution in [0.1, 0.15) is 31.9 Å². The molecule has 0 radical (unpaired) electrons. The highest BCUT2D eigenvalue weighted by Crippen LogP contribution is 2.35. The molecule has 33 heavy (non-hydrogen) atoms. The van der Waals surface area contributed by atoms with E-state index in [-0.39, 0.29) is 5.70 Å². The van der Waals surface area contributed by atoms with Crippen LogP contribution in [0.2, 0.25) is 5.02 Å². The summed E-state index contributed by atoms with van der Waals surface area (Å²) in [4.78, 5) is 38.6. The summed E-state index contributed by atoms with van der Waals surface area (Å²) < 4.78 is 11.1. The van der Waals surface area contributed by atoms with Crippen molar-refractivity contribution in [3.63, 3.8) is 0 Å². The van der Waals surface area contributed by atoms with Crippen LogP contribution in [0, 0.1) is 0 Å². The summed E-state index contributed by atoms with van der Waals surface area (Å²) in [5, 5.41) is 5.58. The summed E-state index contributed by atoms with van der Waals surface area (Å²) in [6.07, 6.45) is 2.18. The molecule has 0 unspecified atom stereocenters. The van der Waals surface area contributed by atoms with Crippen molar-refractivity contribution in [2.75, 3.05) is 25.1 Å². The Morgan fingerprint density at radius 2 is 1.76 bits per heavy atom. The van der Waals surface area contributed by atoms with E-state index in [4.69, 9.17) is 21.1 Å². The number of hydrogen-bond acceptors (Lipinski definition) is 5. The SMILES string of the molecule is CCOc1cc(Cl)c(/C=C2/NC(=O)N(CC(=O)Nc3ccccc3CC)C2=O)cc1OCC. The molecule has 0 bridgehead atoms. The van der Waals surface area contributed by atoms with Crippen LogP contribution in [0.25, 0.3) is 6.08 Å². The maximum Gasteiger partial charge on any atom is 0.329 e. The molecule has 1 fully saturated rings. The fourth-order valence-electron chi connectivity index (χ4n) is 3.35. The first-order chi connectivity index (χ1) is 15.9. The highest BCUT2D eigenvalue weighted by Gasteiger charge is 2.35. The maximum atomic E-state index is 12.8. The monoisotopic (exact) mass is 471 g/mol. The van der Waals surface area contributed by atoms with Crippen molar-refractivity contribution >= 4 is 41.2 Å². The van der Waals surface area contributed by atoms with Crippen molar-refractivity contribution in [2.24, 2.45) is 0 Å². The third kappa shape index (κ3) is 5.64. The van der Waals surface area contributed by atoms with E-state index in [1.165, 1.54) is 6.08 Å². The van der Waals surface area contributed by atoms with Gasteiger partial charge in [-0.05, 0) is 49.6 Å². The Labute approximate surface area is 197 Å². The quantitative estimate of drug-likeness (QED) is 0.421. The lowest BCUT2D eigenvalue weighted by Gasteiger charge is -2.14. The molecule has 2 N–H and O–H groups in total. The van der Waals surface area contributed by atoms with Crippen molar-refractivity contribution in [3.8, 4) is 11.5 Å². The van der Waals surface area contributed by atoms with Gasteiger partial charge in [0.15, 0.2) is 11.5 Å². The highest BCUT2D eigenvalue weighted by atomic mass is 35.5. The van der Waals surface area contributed by atoms with Gasteiger partial charge >= 0.3 is 6.03 Å². The number of hydrogen-bond donors (Lipinski definition) is 2. The smallest absolute Gasteiger partial charge is 0.329 e. The van der Waals surface area contributed by atoms with Crippen molar-refractivity contribution in [1.82, 2.24) is 10.2 Å². The van der Waals surface area contributed by atoms with E-state index in [2.05, 4.69) is 10.6 Å². The molecule has 0 atom stereocenters. The van der Waals surface area contributed by atoms with Gasteiger partial charge in [0, 0.05) is 11.8 Å². The average Bonchev–Trinajstić information content (AvgIpc) is 3.04. The molecule has 0 saturated carbocycles. The number of nitrogens with zero attached hydrogens (tertiary/aromatic N) is 1. The number of rotatable bonds is 9. The van der Waals surface area contributed by atoms with Crippen LogP contribution >= 0.6 is 11.6 Å². The van der Waals surface area contributed by atoms with Crippen LogP contribution in [-0.4, -0.2) is 42.5 Å². The number of imide groups is 1. The lowest BCUT2D eigenvalue weighted by molar-refractivity contribution is -0.127. The van der Waals surface area contributed by atoms with Crippen LogP contribution in [0.5, 0.6) is 11.5 Å². The van der Waals surface area contributed by atoms with Crippen LogP contribution in [0.15, 0.2) is 42.1 Å². The number of carbonyl (C=O) groups is 3. The standard InChI is InChI=1S/C24H26ClN3O5/c1-4-15-9-7-8-10-18(15)26-22(29)14-28-23(30)19(27-24(28)31)11-16-12-20(32-5-2)21(33-6-3)13-17(16)25/h7-13H,4-6,14H2,1-3H3,(H,26,29)(H,27,31)/b19-11+. The zero-order valence-electron chi connectivity index (χ0n) is 18.7. The molecule has 1 aliphatic heterocycles. The number of ether oxygens (including phenoxy) is 2. The molecule has 1 aliphatic rings. The van der Waals surface area contributed by atoms with E-state index in [1.807, 2.05) is 32.9 Å². The fourth-order valence-corrected chi connectivity index (χ4v) is 3.56. The van der Waals surface area contributed by atoms with Gasteiger partial charge < -0.3 is 20.1 Å². The average molecular weight is 472 g/mol. The van der Waals surface area contributed by atoms with Gasteiger partial charge in [0.1, 0.15) is 12.2 Å². The summed E-state index contributed by atoms with van der Waals surface area (Å²) in [7, 11) is 0. The van der Waals surface area contributed by atoms with Gasteiger partial charge in [-0.25, -0.2) is 9.69 Å². The summed E-state index contributed by atoms with van der Waals surface area (Å²) in [6, 6.07) is 9.92. The minimum Gasteiger partial charge on any atom is -0.490 e. The Morgan fingerprint density at radius 1 is 1.09 bits per heavy atom. The maximum absolute atomic E-state index is 12.8. The van der Waals surface area contributed by atoms with Crippen molar-refractivity contribution in [2.45, 2.75) is 27.2 Å². The molecule has 0 aliphatic carbocycles. The number of anilines is 1. The van der Waals surface area contributed by atoms with Crippen LogP contribution in [-0.2, 0) is 16.0 Å². The largest absolute Gasteiger partial charge is 0.490 e. The topological polar surface area (TPSA) is 97.0 Å². The number of nitrogens with one attached hydrogen (secondary N) is 2. The van der Waals surface area contributed by atoms with E-state index in [0.717, 1.165) is 16.9 Å². The van der Waals surface area contributed by atoms with Crippen molar-refractivity contribution in [1.29, 1.82) is 0 Å². The second kappa shape index (κ2) is 10.9. The number of carbonyl (C=O) groups excluding carboxylic acids is 3. The highest BCUT2D eigenvalue weighted by molar-refractivity contribution is 6.32. The lowest BCUT2D eigenvalue weighted by atomic mass is 10.1. The zero-order chi connectivity index (χ0) is 24.0. The van der Waals surface area contributed by atoms with Gasteiger partial charge in [-0.2, -0.15) is 0 Å². The van der Waals surface area contributed by atoms with Crippen LogP contribution < -0.4 is 20.1 Å². The van der Waals surface area contributed by atoms with E-state index in [0.29, 0.717) is 41.0 Å². The molecule has 174 valence electrons. The lowest BCUT2D eigenvalue weighted by Crippen LogP contribution is -2.38.